The van der Waals surface area contributed by atoms with Crippen molar-refractivity contribution in [1.29, 1.82) is 0 Å². The molecule has 5 heteroatoms. The van der Waals surface area contributed by atoms with Crippen LogP contribution in [0.15, 0.2) is 42.5 Å². The summed E-state index contributed by atoms with van der Waals surface area (Å²) < 4.78 is 0. The molecule has 0 saturated heterocycles. The molecule has 20 heavy (non-hydrogen) atoms. The maximum absolute atomic E-state index is 12.4. The zero-order chi connectivity index (χ0) is 14.3. The zero-order valence-electron chi connectivity index (χ0n) is 10.7. The van der Waals surface area contributed by atoms with Crippen molar-refractivity contribution in [2.75, 3.05) is 17.3 Å². The third-order valence-electron chi connectivity index (χ3n) is 3.26. The molecule has 1 heterocycles. The number of hydrogen-bond acceptors (Lipinski definition) is 3. The highest BCUT2D eigenvalue weighted by molar-refractivity contribution is 6.35. The Bertz CT molecular complexity index is 693. The largest absolute Gasteiger partial charge is 0.386 e. The zero-order valence-corrected chi connectivity index (χ0v) is 11.4. The number of fused-ring (bicyclic) bond motifs is 1. The van der Waals surface area contributed by atoms with Crippen molar-refractivity contribution in [1.82, 2.24) is 0 Å². The molecular weight excluding hydrogens is 276 g/mol. The number of hydrogen-bond donors (Lipinski definition) is 1. The lowest BCUT2D eigenvalue weighted by atomic mass is 10.1. The highest BCUT2D eigenvalue weighted by atomic mass is 35.5. The third-order valence-corrected chi connectivity index (χ3v) is 3.50. The monoisotopic (exact) mass is 286 g/mol. The van der Waals surface area contributed by atoms with Gasteiger partial charge in [-0.1, -0.05) is 23.7 Å². The van der Waals surface area contributed by atoms with Crippen molar-refractivity contribution < 1.29 is 9.59 Å². The first-order valence-corrected chi connectivity index (χ1v) is 6.46. The Morgan fingerprint density at radius 2 is 1.60 bits per heavy atom. The minimum atomic E-state index is -0.315. The molecule has 0 aromatic heterocycles. The maximum atomic E-state index is 12.4. The fourth-order valence-corrected chi connectivity index (χ4v) is 2.48. The molecule has 2 aromatic carbocycles. The maximum Gasteiger partial charge on any atom is 0.266 e. The second-order valence-electron chi connectivity index (χ2n) is 4.40. The fourth-order valence-electron chi connectivity index (χ4n) is 2.31. The summed E-state index contributed by atoms with van der Waals surface area (Å²) in [6, 6.07) is 11.8. The third kappa shape index (κ3) is 1.77. The van der Waals surface area contributed by atoms with Crippen molar-refractivity contribution >= 4 is 34.8 Å². The second kappa shape index (κ2) is 4.65. The molecule has 1 N–H and O–H groups in total. The number of halogens is 1. The van der Waals surface area contributed by atoms with E-state index in [9.17, 15) is 9.59 Å². The topological polar surface area (TPSA) is 49.4 Å². The molecule has 4 nitrogen and oxygen atoms in total. The van der Waals surface area contributed by atoms with Crippen LogP contribution in [0.5, 0.6) is 0 Å². The molecule has 0 bridgehead atoms. The van der Waals surface area contributed by atoms with E-state index in [2.05, 4.69) is 5.32 Å². The van der Waals surface area contributed by atoms with E-state index in [4.69, 9.17) is 11.6 Å². The molecule has 0 radical (unpaired) electrons. The lowest BCUT2D eigenvalue weighted by Crippen LogP contribution is -2.30. The summed E-state index contributed by atoms with van der Waals surface area (Å²) in [6.45, 7) is 0. The number of nitrogens with zero attached hydrogens (tertiary/aromatic N) is 1. The van der Waals surface area contributed by atoms with Gasteiger partial charge in [0.2, 0.25) is 0 Å². The number of nitrogens with one attached hydrogen (secondary N) is 1. The molecule has 1 aliphatic heterocycles. The van der Waals surface area contributed by atoms with Gasteiger partial charge in [0, 0.05) is 12.1 Å². The van der Waals surface area contributed by atoms with Gasteiger partial charge in [0.25, 0.3) is 11.8 Å². The van der Waals surface area contributed by atoms with E-state index in [0.29, 0.717) is 27.5 Å². The van der Waals surface area contributed by atoms with Crippen LogP contribution in [0.1, 0.15) is 20.7 Å². The predicted molar refractivity (Wildman–Crippen MR) is 78.6 cm³/mol. The Morgan fingerprint density at radius 1 is 1.00 bits per heavy atom. The van der Waals surface area contributed by atoms with Crippen LogP contribution in [0.25, 0.3) is 0 Å². The average Bonchev–Trinajstić information content (AvgIpc) is 2.72. The highest BCUT2D eigenvalue weighted by Gasteiger charge is 2.37. The van der Waals surface area contributed by atoms with Crippen molar-refractivity contribution in [2.24, 2.45) is 0 Å². The standard InChI is InChI=1S/C15H11ClN2O2/c1-17-12-8-9(16)6-7-13(12)18-14(19)10-4-2-3-5-11(10)15(18)20/h2-8,17H,1H3. The Morgan fingerprint density at radius 3 is 2.15 bits per heavy atom. The van der Waals surface area contributed by atoms with Crippen LogP contribution in [0.4, 0.5) is 11.4 Å². The van der Waals surface area contributed by atoms with Crippen LogP contribution >= 0.6 is 11.6 Å². The van der Waals surface area contributed by atoms with E-state index in [-0.39, 0.29) is 11.8 Å². The van der Waals surface area contributed by atoms with E-state index < -0.39 is 0 Å². The molecule has 0 atom stereocenters. The smallest absolute Gasteiger partial charge is 0.266 e. The number of carbonyl (C=O) groups is 2. The molecule has 0 fully saturated rings. The Hall–Kier alpha value is -2.33. The first-order chi connectivity index (χ1) is 9.63. The van der Waals surface area contributed by atoms with E-state index in [1.54, 1.807) is 49.5 Å². The number of anilines is 2. The molecule has 1 aliphatic rings. The summed E-state index contributed by atoms with van der Waals surface area (Å²) in [4.78, 5) is 26.0. The van der Waals surface area contributed by atoms with Gasteiger partial charge in [-0.2, -0.15) is 0 Å². The van der Waals surface area contributed by atoms with Crippen LogP contribution in [0, 0.1) is 0 Å². The molecule has 0 spiro atoms. The lowest BCUT2D eigenvalue weighted by molar-refractivity contribution is 0.0926. The number of carbonyl (C=O) groups excluding carboxylic acids is 2. The Balaban J connectivity index is 2.14. The molecule has 0 aliphatic carbocycles. The quantitative estimate of drug-likeness (QED) is 0.863. The molecule has 2 aromatic rings. The summed E-state index contributed by atoms with van der Waals surface area (Å²) in [5, 5.41) is 3.49. The van der Waals surface area contributed by atoms with Gasteiger partial charge in [0.1, 0.15) is 0 Å². The van der Waals surface area contributed by atoms with Crippen molar-refractivity contribution in [3.63, 3.8) is 0 Å². The molecule has 3 rings (SSSR count). The van der Waals surface area contributed by atoms with Gasteiger partial charge in [0.15, 0.2) is 0 Å². The summed E-state index contributed by atoms with van der Waals surface area (Å²) in [5.74, 6) is -0.631. The van der Waals surface area contributed by atoms with Crippen molar-refractivity contribution in [3.05, 3.63) is 58.6 Å². The summed E-state index contributed by atoms with van der Waals surface area (Å²) >= 11 is 5.94. The van der Waals surface area contributed by atoms with Crippen LogP contribution in [-0.4, -0.2) is 18.9 Å². The van der Waals surface area contributed by atoms with Crippen LogP contribution in [-0.2, 0) is 0 Å². The van der Waals surface area contributed by atoms with Gasteiger partial charge >= 0.3 is 0 Å². The van der Waals surface area contributed by atoms with Crippen LogP contribution in [0.2, 0.25) is 5.02 Å². The number of amides is 2. The first kappa shape index (κ1) is 12.7. The van der Waals surface area contributed by atoms with E-state index in [0.717, 1.165) is 0 Å². The summed E-state index contributed by atoms with van der Waals surface area (Å²) in [5.41, 5.74) is 1.99. The van der Waals surface area contributed by atoms with Gasteiger partial charge < -0.3 is 5.32 Å². The molecule has 100 valence electrons. The molecule has 2 amide bonds. The lowest BCUT2D eigenvalue weighted by Gasteiger charge is -2.18. The SMILES string of the molecule is CNc1cc(Cl)ccc1N1C(=O)c2ccccc2C1=O. The molecule has 0 saturated carbocycles. The van der Waals surface area contributed by atoms with Gasteiger partial charge in [-0.05, 0) is 30.3 Å². The summed E-state index contributed by atoms with van der Waals surface area (Å²) in [6.07, 6.45) is 0. The van der Waals surface area contributed by atoms with Crippen molar-refractivity contribution in [2.45, 2.75) is 0 Å². The number of rotatable bonds is 2. The van der Waals surface area contributed by atoms with Crippen molar-refractivity contribution in [3.8, 4) is 0 Å². The van der Waals surface area contributed by atoms with Gasteiger partial charge in [-0.15, -0.1) is 0 Å². The summed E-state index contributed by atoms with van der Waals surface area (Å²) in [7, 11) is 1.72. The van der Waals surface area contributed by atoms with E-state index in [1.807, 2.05) is 0 Å². The second-order valence-corrected chi connectivity index (χ2v) is 4.84. The number of imide groups is 1. The predicted octanol–water partition coefficient (Wildman–Crippen LogP) is 3.18. The van der Waals surface area contributed by atoms with Gasteiger partial charge in [0.05, 0.1) is 22.5 Å². The minimum absolute atomic E-state index is 0.315. The molecule has 0 unspecified atom stereocenters. The Kier molecular flexibility index (Phi) is 2.95. The molecular formula is C15H11ClN2O2. The normalized spacial score (nSPS) is 13.6. The highest BCUT2D eigenvalue weighted by Crippen LogP contribution is 2.34. The van der Waals surface area contributed by atoms with Gasteiger partial charge in [-0.25, -0.2) is 4.90 Å². The average molecular weight is 287 g/mol. The number of benzene rings is 2. The van der Waals surface area contributed by atoms with Crippen LogP contribution < -0.4 is 10.2 Å². The minimum Gasteiger partial charge on any atom is -0.386 e. The fraction of sp³-hybridized carbons (Fsp3) is 0.0667. The van der Waals surface area contributed by atoms with Crippen LogP contribution in [0.3, 0.4) is 0 Å². The first-order valence-electron chi connectivity index (χ1n) is 6.08. The van der Waals surface area contributed by atoms with E-state index >= 15 is 0 Å². The van der Waals surface area contributed by atoms with E-state index in [1.165, 1.54) is 4.90 Å². The van der Waals surface area contributed by atoms with Gasteiger partial charge in [-0.3, -0.25) is 9.59 Å². The Labute approximate surface area is 121 Å².